The Morgan fingerprint density at radius 3 is 2.44 bits per heavy atom. The number of carbonyl (C=O) groups is 2. The lowest BCUT2D eigenvalue weighted by atomic mass is 10.2. The Bertz CT molecular complexity index is 979. The largest absolute Gasteiger partial charge is 0.449 e. The van der Waals surface area contributed by atoms with Crippen LogP contribution in [-0.4, -0.2) is 33.4 Å². The fraction of sp³-hybridized carbons (Fsp3) is 0.176. The molecule has 144 valence electrons. The Labute approximate surface area is 154 Å². The van der Waals surface area contributed by atoms with E-state index < -0.39 is 44.5 Å². The highest BCUT2D eigenvalue weighted by Crippen LogP contribution is 2.23. The van der Waals surface area contributed by atoms with Crippen LogP contribution in [0.2, 0.25) is 0 Å². The van der Waals surface area contributed by atoms with Crippen molar-refractivity contribution >= 4 is 27.6 Å². The van der Waals surface area contributed by atoms with Gasteiger partial charge in [-0.15, -0.1) is 0 Å². The highest BCUT2D eigenvalue weighted by atomic mass is 32.2. The summed E-state index contributed by atoms with van der Waals surface area (Å²) in [5.74, 6) is -3.62. The predicted molar refractivity (Wildman–Crippen MR) is 92.6 cm³/mol. The van der Waals surface area contributed by atoms with Crippen LogP contribution in [0.15, 0.2) is 47.4 Å². The Kier molecular flexibility index (Phi) is 6.11. The number of sulfonamides is 1. The maximum Gasteiger partial charge on any atom is 0.341 e. The Balaban J connectivity index is 2.34. The first-order valence-corrected chi connectivity index (χ1v) is 9.13. The molecule has 0 heterocycles. The van der Waals surface area contributed by atoms with Gasteiger partial charge in [0.15, 0.2) is 6.10 Å². The molecular weight excluding hydrogens is 382 g/mol. The number of ether oxygens (including phenoxy) is 1. The molecule has 1 atom stereocenters. The standard InChI is InChI=1S/C17H16F2N2O5S/c1-10(16(22)20-2)26-17(23)12-5-3-4-6-14(12)21-27(24,25)15-9-11(18)7-8-13(15)19/h3-10,21H,1-2H3,(H,20,22)/t10-/m1/s1. The molecule has 2 N–H and O–H groups in total. The topological polar surface area (TPSA) is 102 Å². The summed E-state index contributed by atoms with van der Waals surface area (Å²) in [6.45, 7) is 1.34. The molecule has 0 saturated carbocycles. The maximum absolute atomic E-state index is 13.8. The van der Waals surface area contributed by atoms with Gasteiger partial charge in [0.05, 0.1) is 11.3 Å². The fourth-order valence-electron chi connectivity index (χ4n) is 2.11. The number of amides is 1. The molecular formula is C17H16F2N2O5S. The molecule has 2 aromatic rings. The third-order valence-electron chi connectivity index (χ3n) is 3.47. The molecule has 0 radical (unpaired) electrons. The number of halogens is 2. The molecule has 2 rings (SSSR count). The van der Waals surface area contributed by atoms with Crippen LogP contribution < -0.4 is 10.0 Å². The minimum atomic E-state index is -4.52. The number of hydrogen-bond acceptors (Lipinski definition) is 5. The van der Waals surface area contributed by atoms with Gasteiger partial charge in [0.1, 0.15) is 16.5 Å². The van der Waals surface area contributed by atoms with E-state index in [2.05, 4.69) is 5.32 Å². The van der Waals surface area contributed by atoms with Crippen LogP contribution in [-0.2, 0) is 19.6 Å². The summed E-state index contributed by atoms with van der Waals surface area (Å²) in [6, 6.07) is 7.36. The van der Waals surface area contributed by atoms with Crippen molar-refractivity contribution < 1.29 is 31.5 Å². The summed E-state index contributed by atoms with van der Waals surface area (Å²) in [7, 11) is -3.16. The number of anilines is 1. The van der Waals surface area contributed by atoms with Gasteiger partial charge in [0, 0.05) is 7.05 Å². The van der Waals surface area contributed by atoms with E-state index in [1.165, 1.54) is 38.2 Å². The van der Waals surface area contributed by atoms with Crippen LogP contribution in [0.25, 0.3) is 0 Å². The van der Waals surface area contributed by atoms with Crippen molar-refractivity contribution in [1.82, 2.24) is 5.32 Å². The van der Waals surface area contributed by atoms with Crippen molar-refractivity contribution in [2.45, 2.75) is 17.9 Å². The van der Waals surface area contributed by atoms with Gasteiger partial charge in [-0.1, -0.05) is 12.1 Å². The monoisotopic (exact) mass is 398 g/mol. The zero-order valence-corrected chi connectivity index (χ0v) is 15.1. The predicted octanol–water partition coefficient (Wildman–Crippen LogP) is 2.06. The van der Waals surface area contributed by atoms with Crippen LogP contribution >= 0.6 is 0 Å². The molecule has 0 bridgehead atoms. The Morgan fingerprint density at radius 1 is 1.11 bits per heavy atom. The van der Waals surface area contributed by atoms with Crippen LogP contribution in [0.4, 0.5) is 14.5 Å². The molecule has 0 unspecified atom stereocenters. The number of rotatable bonds is 6. The number of benzene rings is 2. The van der Waals surface area contributed by atoms with Crippen LogP contribution in [0.1, 0.15) is 17.3 Å². The van der Waals surface area contributed by atoms with Crippen LogP contribution in [0, 0.1) is 11.6 Å². The van der Waals surface area contributed by atoms with Crippen LogP contribution in [0.5, 0.6) is 0 Å². The molecule has 7 nitrogen and oxygen atoms in total. The molecule has 0 spiro atoms. The number of para-hydroxylation sites is 1. The first-order chi connectivity index (χ1) is 12.7. The van der Waals surface area contributed by atoms with E-state index in [0.717, 1.165) is 6.07 Å². The summed E-state index contributed by atoms with van der Waals surface area (Å²) >= 11 is 0. The van der Waals surface area contributed by atoms with E-state index in [1.807, 2.05) is 4.72 Å². The number of hydrogen-bond donors (Lipinski definition) is 2. The van der Waals surface area contributed by atoms with Gasteiger partial charge < -0.3 is 10.1 Å². The van der Waals surface area contributed by atoms with Gasteiger partial charge in [-0.05, 0) is 37.3 Å². The summed E-state index contributed by atoms with van der Waals surface area (Å²) in [5, 5.41) is 2.30. The van der Waals surface area contributed by atoms with Gasteiger partial charge in [-0.25, -0.2) is 22.0 Å². The SMILES string of the molecule is CNC(=O)[C@@H](C)OC(=O)c1ccccc1NS(=O)(=O)c1cc(F)ccc1F. The Morgan fingerprint density at radius 2 is 1.78 bits per heavy atom. The van der Waals surface area contributed by atoms with E-state index in [4.69, 9.17) is 4.74 Å². The molecule has 0 aliphatic carbocycles. The van der Waals surface area contributed by atoms with Crippen molar-refractivity contribution in [3.8, 4) is 0 Å². The number of esters is 1. The molecule has 10 heteroatoms. The third-order valence-corrected chi connectivity index (χ3v) is 4.85. The molecule has 0 saturated heterocycles. The molecule has 27 heavy (non-hydrogen) atoms. The summed E-state index contributed by atoms with van der Waals surface area (Å²) in [6.07, 6.45) is -1.12. The normalized spacial score (nSPS) is 12.1. The van der Waals surface area contributed by atoms with E-state index >= 15 is 0 Å². The van der Waals surface area contributed by atoms with Gasteiger partial charge in [-0.2, -0.15) is 0 Å². The second-order valence-electron chi connectivity index (χ2n) is 5.39. The minimum Gasteiger partial charge on any atom is -0.449 e. The van der Waals surface area contributed by atoms with E-state index in [0.29, 0.717) is 12.1 Å². The number of nitrogens with one attached hydrogen (secondary N) is 2. The lowest BCUT2D eigenvalue weighted by Crippen LogP contribution is -2.33. The number of likely N-dealkylation sites (N-methyl/N-ethyl adjacent to an activating group) is 1. The molecule has 0 fully saturated rings. The fourth-order valence-corrected chi connectivity index (χ4v) is 3.28. The van der Waals surface area contributed by atoms with E-state index in [-0.39, 0.29) is 11.3 Å². The maximum atomic E-state index is 13.8. The van der Waals surface area contributed by atoms with Crippen molar-refractivity contribution in [3.05, 3.63) is 59.7 Å². The second-order valence-corrected chi connectivity index (χ2v) is 7.04. The first kappa shape index (κ1) is 20.3. The lowest BCUT2D eigenvalue weighted by molar-refractivity contribution is -0.128. The van der Waals surface area contributed by atoms with Gasteiger partial charge in [-0.3, -0.25) is 9.52 Å². The van der Waals surface area contributed by atoms with Crippen molar-refractivity contribution in [3.63, 3.8) is 0 Å². The highest BCUT2D eigenvalue weighted by Gasteiger charge is 2.24. The molecule has 0 aliphatic rings. The van der Waals surface area contributed by atoms with Gasteiger partial charge >= 0.3 is 5.97 Å². The average molecular weight is 398 g/mol. The van der Waals surface area contributed by atoms with Gasteiger partial charge in [0.2, 0.25) is 0 Å². The summed E-state index contributed by atoms with van der Waals surface area (Å²) < 4.78 is 58.9. The molecule has 0 aliphatic heterocycles. The zero-order valence-electron chi connectivity index (χ0n) is 14.3. The summed E-state index contributed by atoms with van der Waals surface area (Å²) in [4.78, 5) is 22.8. The Hall–Kier alpha value is -3.01. The van der Waals surface area contributed by atoms with Crippen LogP contribution in [0.3, 0.4) is 0 Å². The third kappa shape index (κ3) is 4.79. The average Bonchev–Trinajstić information content (AvgIpc) is 2.62. The molecule has 0 aromatic heterocycles. The van der Waals surface area contributed by atoms with Gasteiger partial charge in [0.25, 0.3) is 15.9 Å². The smallest absolute Gasteiger partial charge is 0.341 e. The second kappa shape index (κ2) is 8.12. The van der Waals surface area contributed by atoms with Crippen molar-refractivity contribution in [2.75, 3.05) is 11.8 Å². The van der Waals surface area contributed by atoms with E-state index in [9.17, 15) is 26.8 Å². The van der Waals surface area contributed by atoms with E-state index in [1.54, 1.807) is 0 Å². The van der Waals surface area contributed by atoms with Crippen molar-refractivity contribution in [1.29, 1.82) is 0 Å². The molecule has 1 amide bonds. The molecule has 2 aromatic carbocycles. The number of carbonyl (C=O) groups excluding carboxylic acids is 2. The quantitative estimate of drug-likeness (QED) is 0.726. The lowest BCUT2D eigenvalue weighted by Gasteiger charge is -2.15. The van der Waals surface area contributed by atoms with Crippen molar-refractivity contribution in [2.24, 2.45) is 0 Å². The zero-order chi connectivity index (χ0) is 20.2. The first-order valence-electron chi connectivity index (χ1n) is 7.65. The highest BCUT2D eigenvalue weighted by molar-refractivity contribution is 7.92. The minimum absolute atomic E-state index is 0.200. The summed E-state index contributed by atoms with van der Waals surface area (Å²) in [5.41, 5.74) is -0.413.